The van der Waals surface area contributed by atoms with Crippen molar-refractivity contribution in [1.29, 1.82) is 0 Å². The van der Waals surface area contributed by atoms with E-state index >= 15 is 0 Å². The van der Waals surface area contributed by atoms with Crippen LogP contribution < -0.4 is 15.4 Å². The summed E-state index contributed by atoms with van der Waals surface area (Å²) in [6.45, 7) is 4.06. The SMILES string of the molecule is CCOCCCN[C@H](C(=O)Nc1cccc(OC)c1)c1ccccc1. The molecule has 2 N–H and O–H groups in total. The summed E-state index contributed by atoms with van der Waals surface area (Å²) in [5.41, 5.74) is 1.64. The van der Waals surface area contributed by atoms with Crippen LogP contribution in [-0.4, -0.2) is 32.8 Å². The summed E-state index contributed by atoms with van der Waals surface area (Å²) in [4.78, 5) is 12.8. The lowest BCUT2D eigenvalue weighted by molar-refractivity contribution is -0.118. The van der Waals surface area contributed by atoms with Gasteiger partial charge in [-0.2, -0.15) is 0 Å². The Balaban J connectivity index is 2.04. The van der Waals surface area contributed by atoms with Crippen molar-refractivity contribution in [1.82, 2.24) is 5.32 Å². The fourth-order valence-corrected chi connectivity index (χ4v) is 2.49. The summed E-state index contributed by atoms with van der Waals surface area (Å²) in [6, 6.07) is 16.6. The number of ether oxygens (including phenoxy) is 2. The average Bonchev–Trinajstić information content (AvgIpc) is 2.65. The molecule has 0 heterocycles. The number of amides is 1. The number of hydrogen-bond acceptors (Lipinski definition) is 4. The zero-order valence-electron chi connectivity index (χ0n) is 14.8. The number of rotatable bonds is 10. The zero-order chi connectivity index (χ0) is 17.9. The van der Waals surface area contributed by atoms with Crippen LogP contribution in [-0.2, 0) is 9.53 Å². The first-order chi connectivity index (χ1) is 12.2. The molecule has 0 aromatic heterocycles. The minimum absolute atomic E-state index is 0.101. The number of carbonyl (C=O) groups excluding carboxylic acids is 1. The smallest absolute Gasteiger partial charge is 0.246 e. The van der Waals surface area contributed by atoms with E-state index in [0.29, 0.717) is 31.2 Å². The van der Waals surface area contributed by atoms with Crippen LogP contribution in [0.15, 0.2) is 54.6 Å². The van der Waals surface area contributed by atoms with Gasteiger partial charge in [-0.25, -0.2) is 0 Å². The molecule has 5 heteroatoms. The fourth-order valence-electron chi connectivity index (χ4n) is 2.49. The predicted molar refractivity (Wildman–Crippen MR) is 99.9 cm³/mol. The van der Waals surface area contributed by atoms with Crippen LogP contribution >= 0.6 is 0 Å². The van der Waals surface area contributed by atoms with E-state index in [1.807, 2.05) is 55.5 Å². The summed E-state index contributed by atoms with van der Waals surface area (Å²) in [6.07, 6.45) is 0.851. The van der Waals surface area contributed by atoms with Crippen LogP contribution in [0.4, 0.5) is 5.69 Å². The maximum absolute atomic E-state index is 12.8. The molecule has 0 aliphatic rings. The number of carbonyl (C=O) groups is 1. The minimum atomic E-state index is -0.422. The topological polar surface area (TPSA) is 59.6 Å². The van der Waals surface area contributed by atoms with E-state index in [-0.39, 0.29) is 5.91 Å². The van der Waals surface area contributed by atoms with Gasteiger partial charge in [-0.15, -0.1) is 0 Å². The maximum Gasteiger partial charge on any atom is 0.246 e. The first kappa shape index (κ1) is 19.0. The lowest BCUT2D eigenvalue weighted by atomic mass is 10.1. The Kier molecular flexibility index (Phi) is 7.95. The highest BCUT2D eigenvalue weighted by atomic mass is 16.5. The van der Waals surface area contributed by atoms with Crippen molar-refractivity contribution >= 4 is 11.6 Å². The van der Waals surface area contributed by atoms with Crippen LogP contribution in [0.3, 0.4) is 0 Å². The second-order valence-electron chi connectivity index (χ2n) is 5.57. The molecule has 2 aromatic rings. The van der Waals surface area contributed by atoms with E-state index < -0.39 is 6.04 Å². The Morgan fingerprint density at radius 2 is 1.92 bits per heavy atom. The van der Waals surface area contributed by atoms with E-state index in [4.69, 9.17) is 9.47 Å². The molecule has 1 amide bonds. The molecule has 0 bridgehead atoms. The molecule has 0 saturated heterocycles. The summed E-state index contributed by atoms with van der Waals surface area (Å²) in [5.74, 6) is 0.606. The summed E-state index contributed by atoms with van der Waals surface area (Å²) < 4.78 is 10.6. The molecule has 0 unspecified atom stereocenters. The van der Waals surface area contributed by atoms with Gasteiger partial charge in [0.05, 0.1) is 7.11 Å². The lowest BCUT2D eigenvalue weighted by Crippen LogP contribution is -2.34. The molecular weight excluding hydrogens is 316 g/mol. The predicted octanol–water partition coefficient (Wildman–Crippen LogP) is 3.39. The van der Waals surface area contributed by atoms with Gasteiger partial charge in [0.15, 0.2) is 0 Å². The number of methoxy groups -OCH3 is 1. The van der Waals surface area contributed by atoms with Gasteiger partial charge in [-0.3, -0.25) is 4.79 Å². The van der Waals surface area contributed by atoms with Crippen molar-refractivity contribution < 1.29 is 14.3 Å². The van der Waals surface area contributed by atoms with Gasteiger partial charge in [-0.1, -0.05) is 36.4 Å². The molecule has 134 valence electrons. The third-order valence-electron chi connectivity index (χ3n) is 3.75. The molecule has 0 radical (unpaired) electrons. The first-order valence-corrected chi connectivity index (χ1v) is 8.55. The van der Waals surface area contributed by atoms with E-state index in [0.717, 1.165) is 12.0 Å². The van der Waals surface area contributed by atoms with Crippen molar-refractivity contribution in [3.63, 3.8) is 0 Å². The highest BCUT2D eigenvalue weighted by Crippen LogP contribution is 2.20. The lowest BCUT2D eigenvalue weighted by Gasteiger charge is -2.19. The molecule has 0 spiro atoms. The number of nitrogens with one attached hydrogen (secondary N) is 2. The van der Waals surface area contributed by atoms with Gasteiger partial charge in [0.2, 0.25) is 5.91 Å². The Bertz CT molecular complexity index is 646. The Hall–Kier alpha value is -2.37. The molecule has 2 aromatic carbocycles. The van der Waals surface area contributed by atoms with Gasteiger partial charge >= 0.3 is 0 Å². The highest BCUT2D eigenvalue weighted by molar-refractivity contribution is 5.95. The third-order valence-corrected chi connectivity index (χ3v) is 3.75. The van der Waals surface area contributed by atoms with Crippen molar-refractivity contribution in [3.8, 4) is 5.75 Å². The van der Waals surface area contributed by atoms with Gasteiger partial charge in [0, 0.05) is 25.0 Å². The van der Waals surface area contributed by atoms with Crippen molar-refractivity contribution in [2.45, 2.75) is 19.4 Å². The molecule has 0 fully saturated rings. The largest absolute Gasteiger partial charge is 0.497 e. The molecule has 2 rings (SSSR count). The quantitative estimate of drug-likeness (QED) is 0.650. The van der Waals surface area contributed by atoms with Crippen molar-refractivity contribution in [3.05, 3.63) is 60.2 Å². The van der Waals surface area contributed by atoms with E-state index in [1.54, 1.807) is 13.2 Å². The maximum atomic E-state index is 12.8. The second kappa shape index (κ2) is 10.5. The highest BCUT2D eigenvalue weighted by Gasteiger charge is 2.20. The number of anilines is 1. The molecular formula is C20H26N2O3. The van der Waals surface area contributed by atoms with Gasteiger partial charge in [0.1, 0.15) is 11.8 Å². The Labute approximate surface area is 149 Å². The minimum Gasteiger partial charge on any atom is -0.497 e. The van der Waals surface area contributed by atoms with E-state index in [9.17, 15) is 4.79 Å². The Morgan fingerprint density at radius 1 is 1.12 bits per heavy atom. The van der Waals surface area contributed by atoms with Crippen molar-refractivity contribution in [2.75, 3.05) is 32.2 Å². The Morgan fingerprint density at radius 3 is 2.64 bits per heavy atom. The van der Waals surface area contributed by atoms with Gasteiger partial charge in [0.25, 0.3) is 0 Å². The molecule has 0 aliphatic carbocycles. The second-order valence-corrected chi connectivity index (χ2v) is 5.57. The summed E-state index contributed by atoms with van der Waals surface area (Å²) >= 11 is 0. The summed E-state index contributed by atoms with van der Waals surface area (Å²) in [5, 5.41) is 6.27. The van der Waals surface area contributed by atoms with Crippen LogP contribution in [0.2, 0.25) is 0 Å². The molecule has 1 atom stereocenters. The van der Waals surface area contributed by atoms with Crippen LogP contribution in [0.25, 0.3) is 0 Å². The fraction of sp³-hybridized carbons (Fsp3) is 0.350. The first-order valence-electron chi connectivity index (χ1n) is 8.55. The standard InChI is InChI=1S/C20H26N2O3/c1-3-25-14-8-13-21-19(16-9-5-4-6-10-16)20(23)22-17-11-7-12-18(15-17)24-2/h4-7,9-12,15,19,21H,3,8,13-14H2,1-2H3,(H,22,23)/t19-/m0/s1. The normalized spacial score (nSPS) is 11.8. The molecule has 0 saturated carbocycles. The third kappa shape index (κ3) is 6.21. The van der Waals surface area contributed by atoms with E-state index in [2.05, 4.69) is 10.6 Å². The van der Waals surface area contributed by atoms with Gasteiger partial charge in [-0.05, 0) is 37.6 Å². The van der Waals surface area contributed by atoms with Crippen LogP contribution in [0.5, 0.6) is 5.75 Å². The van der Waals surface area contributed by atoms with Crippen LogP contribution in [0.1, 0.15) is 24.9 Å². The average molecular weight is 342 g/mol. The summed E-state index contributed by atoms with van der Waals surface area (Å²) in [7, 11) is 1.60. The molecule has 25 heavy (non-hydrogen) atoms. The zero-order valence-corrected chi connectivity index (χ0v) is 14.8. The van der Waals surface area contributed by atoms with Crippen LogP contribution in [0, 0.1) is 0 Å². The van der Waals surface area contributed by atoms with Gasteiger partial charge < -0.3 is 20.1 Å². The molecule has 0 aliphatic heterocycles. The number of benzene rings is 2. The van der Waals surface area contributed by atoms with Crippen molar-refractivity contribution in [2.24, 2.45) is 0 Å². The van der Waals surface area contributed by atoms with E-state index in [1.165, 1.54) is 0 Å². The number of hydrogen-bond donors (Lipinski definition) is 2. The molecule has 5 nitrogen and oxygen atoms in total. The monoisotopic (exact) mass is 342 g/mol.